The third-order valence-electron chi connectivity index (χ3n) is 4.89. The second-order valence-corrected chi connectivity index (χ2v) is 8.79. The fraction of sp³-hybridized carbons (Fsp3) is 0.0870. The first kappa shape index (κ1) is 26.0. The molecule has 0 aliphatic carbocycles. The Hall–Kier alpha value is -4.07. The minimum absolute atomic E-state index is 0.0361. The molecular weight excluding hydrogens is 537 g/mol. The van der Waals surface area contributed by atoms with Crippen molar-refractivity contribution in [3.63, 3.8) is 0 Å². The molecule has 1 unspecified atom stereocenters. The topological polar surface area (TPSA) is 114 Å². The van der Waals surface area contributed by atoms with Gasteiger partial charge in [-0.2, -0.15) is 19.1 Å². The van der Waals surface area contributed by atoms with E-state index in [0.29, 0.717) is 6.07 Å². The highest BCUT2D eigenvalue weighted by atomic mass is 35.5. The molecule has 4 aromatic rings. The van der Waals surface area contributed by atoms with Gasteiger partial charge in [-0.25, -0.2) is 18.9 Å². The van der Waals surface area contributed by atoms with E-state index in [9.17, 15) is 27.2 Å². The molecule has 0 aliphatic heterocycles. The number of H-pyrrole nitrogens is 1. The minimum atomic E-state index is -3.66. The van der Waals surface area contributed by atoms with E-state index in [2.05, 4.69) is 15.2 Å². The Kier molecular flexibility index (Phi) is 7.12. The summed E-state index contributed by atoms with van der Waals surface area (Å²) in [6, 6.07) is 9.25. The standard InChI is InChI=1S/C23H13ClF4N5O3P/c24-13-1-11(8-29)2-17(5-13)36-19-20(23(27,28)37)30-10-33(22(19)35)9-16-7-18(21(34)32-31-16)12-3-14(25)6-15(26)4-12/h1-7,10H,9,37H2,(H,32,34). The van der Waals surface area contributed by atoms with Crippen molar-refractivity contribution < 1.29 is 22.3 Å². The number of hydrogen-bond acceptors (Lipinski definition) is 6. The summed E-state index contributed by atoms with van der Waals surface area (Å²) in [4.78, 5) is 29.0. The molecule has 1 atom stereocenters. The van der Waals surface area contributed by atoms with Crippen LogP contribution in [0.2, 0.25) is 5.02 Å². The molecule has 0 fully saturated rings. The van der Waals surface area contributed by atoms with Crippen LogP contribution in [-0.4, -0.2) is 19.7 Å². The maximum absolute atomic E-state index is 14.2. The van der Waals surface area contributed by atoms with Gasteiger partial charge in [0, 0.05) is 11.1 Å². The van der Waals surface area contributed by atoms with Crippen LogP contribution in [0.1, 0.15) is 17.0 Å². The summed E-state index contributed by atoms with van der Waals surface area (Å²) in [6.45, 7) is -0.383. The molecule has 2 aromatic heterocycles. The van der Waals surface area contributed by atoms with Gasteiger partial charge in [-0.3, -0.25) is 14.2 Å². The van der Waals surface area contributed by atoms with Crippen LogP contribution in [0, 0.1) is 23.0 Å². The molecule has 1 N–H and O–H groups in total. The Labute approximate surface area is 212 Å². The number of rotatable bonds is 6. The van der Waals surface area contributed by atoms with Crippen LogP contribution < -0.4 is 15.9 Å². The number of ether oxygens (including phenoxy) is 1. The fourth-order valence-electron chi connectivity index (χ4n) is 3.34. The van der Waals surface area contributed by atoms with Gasteiger partial charge in [0.05, 0.1) is 35.8 Å². The molecule has 37 heavy (non-hydrogen) atoms. The summed E-state index contributed by atoms with van der Waals surface area (Å²) >= 11 is 5.93. The van der Waals surface area contributed by atoms with Crippen LogP contribution in [0.5, 0.6) is 11.5 Å². The lowest BCUT2D eigenvalue weighted by atomic mass is 10.1. The van der Waals surface area contributed by atoms with Crippen LogP contribution in [0.3, 0.4) is 0 Å². The van der Waals surface area contributed by atoms with E-state index < -0.39 is 39.9 Å². The van der Waals surface area contributed by atoms with Gasteiger partial charge in [0.2, 0.25) is 5.75 Å². The average Bonchev–Trinajstić information content (AvgIpc) is 2.81. The third-order valence-corrected chi connectivity index (χ3v) is 5.39. The van der Waals surface area contributed by atoms with E-state index in [1.54, 1.807) is 0 Å². The molecule has 0 spiro atoms. The molecule has 0 bridgehead atoms. The summed E-state index contributed by atoms with van der Waals surface area (Å²) in [5.41, 5.74) is -6.58. The molecule has 0 amide bonds. The molecule has 0 radical (unpaired) electrons. The van der Waals surface area contributed by atoms with Gasteiger partial charge in [0.1, 0.15) is 17.4 Å². The van der Waals surface area contributed by atoms with E-state index in [0.717, 1.165) is 23.0 Å². The predicted octanol–water partition coefficient (Wildman–Crippen LogP) is 4.56. The summed E-state index contributed by atoms with van der Waals surface area (Å²) in [6.07, 6.45) is 0.829. The molecule has 8 nitrogen and oxygen atoms in total. The highest BCUT2D eigenvalue weighted by Crippen LogP contribution is 2.39. The van der Waals surface area contributed by atoms with Gasteiger partial charge in [-0.15, -0.1) is 0 Å². The lowest BCUT2D eigenvalue weighted by Gasteiger charge is -2.16. The van der Waals surface area contributed by atoms with Crippen molar-refractivity contribution in [1.82, 2.24) is 19.7 Å². The number of benzene rings is 2. The number of hydrogen-bond donors (Lipinski definition) is 1. The van der Waals surface area contributed by atoms with Gasteiger partial charge in [-0.1, -0.05) is 20.8 Å². The van der Waals surface area contributed by atoms with E-state index in [4.69, 9.17) is 21.6 Å². The lowest BCUT2D eigenvalue weighted by Crippen LogP contribution is -2.27. The van der Waals surface area contributed by atoms with Crippen molar-refractivity contribution in [1.29, 1.82) is 5.26 Å². The van der Waals surface area contributed by atoms with Gasteiger partial charge >= 0.3 is 5.66 Å². The smallest absolute Gasteiger partial charge is 0.304 e. The van der Waals surface area contributed by atoms with Crippen LogP contribution in [-0.2, 0) is 12.2 Å². The van der Waals surface area contributed by atoms with E-state index in [1.165, 1.54) is 33.5 Å². The Morgan fingerprint density at radius 1 is 1.11 bits per heavy atom. The van der Waals surface area contributed by atoms with Crippen LogP contribution in [0.25, 0.3) is 11.1 Å². The second-order valence-electron chi connectivity index (χ2n) is 7.63. The summed E-state index contributed by atoms with van der Waals surface area (Å²) in [5.74, 6) is -2.83. The summed E-state index contributed by atoms with van der Waals surface area (Å²) < 4.78 is 62.0. The quantitative estimate of drug-likeness (QED) is 0.279. The minimum Gasteiger partial charge on any atom is -0.449 e. The van der Waals surface area contributed by atoms with Gasteiger partial charge in [0.25, 0.3) is 11.1 Å². The van der Waals surface area contributed by atoms with Crippen molar-refractivity contribution in [2.24, 2.45) is 0 Å². The zero-order chi connectivity index (χ0) is 26.9. The largest absolute Gasteiger partial charge is 0.449 e. The molecule has 0 saturated heterocycles. The Morgan fingerprint density at radius 3 is 2.46 bits per heavy atom. The highest BCUT2D eigenvalue weighted by molar-refractivity contribution is 7.17. The molecule has 188 valence electrons. The van der Waals surface area contributed by atoms with Crippen LogP contribution in [0.4, 0.5) is 17.6 Å². The van der Waals surface area contributed by atoms with Crippen molar-refractivity contribution in [3.05, 3.63) is 103 Å². The fourth-order valence-corrected chi connectivity index (χ4v) is 3.77. The molecule has 2 heterocycles. The second kappa shape index (κ2) is 10.1. The van der Waals surface area contributed by atoms with Gasteiger partial charge in [0.15, 0.2) is 5.69 Å². The maximum Gasteiger partial charge on any atom is 0.304 e. The first-order valence-corrected chi connectivity index (χ1v) is 11.1. The first-order valence-electron chi connectivity index (χ1n) is 10.1. The van der Waals surface area contributed by atoms with Crippen LogP contribution in [0.15, 0.2) is 58.4 Å². The van der Waals surface area contributed by atoms with Crippen molar-refractivity contribution >= 4 is 20.8 Å². The molecule has 14 heteroatoms. The monoisotopic (exact) mass is 549 g/mol. The maximum atomic E-state index is 14.2. The average molecular weight is 550 g/mol. The Morgan fingerprint density at radius 2 is 1.81 bits per heavy atom. The van der Waals surface area contributed by atoms with Crippen molar-refractivity contribution in [2.45, 2.75) is 12.2 Å². The zero-order valence-electron chi connectivity index (χ0n) is 18.3. The molecule has 0 aliphatic rings. The highest BCUT2D eigenvalue weighted by Gasteiger charge is 2.34. The van der Waals surface area contributed by atoms with Gasteiger partial charge in [-0.05, 0) is 42.0 Å². The number of aromatic nitrogens is 4. The first-order chi connectivity index (χ1) is 17.4. The SMILES string of the molecule is N#Cc1cc(Cl)cc(Oc2c(C(F)(F)P)ncn(Cc3cc(-c4cc(F)cc(F)c4)c(=O)[nH]n3)c2=O)c1. The molecular formula is C23H13ClF4N5O3P. The summed E-state index contributed by atoms with van der Waals surface area (Å²) in [5, 5.41) is 15.2. The van der Waals surface area contributed by atoms with E-state index in [-0.39, 0.29) is 39.7 Å². The number of alkyl halides is 2. The Balaban J connectivity index is 1.77. The lowest BCUT2D eigenvalue weighted by molar-refractivity contribution is 0.0948. The normalized spacial score (nSPS) is 11.3. The van der Waals surface area contributed by atoms with Crippen molar-refractivity contribution in [3.8, 4) is 28.7 Å². The van der Waals surface area contributed by atoms with Crippen molar-refractivity contribution in [2.75, 3.05) is 0 Å². The number of halogens is 5. The number of nitrogens with zero attached hydrogens (tertiary/aromatic N) is 4. The van der Waals surface area contributed by atoms with Crippen LogP contribution >= 0.6 is 20.8 Å². The summed E-state index contributed by atoms with van der Waals surface area (Å²) in [7, 11) is 1.25. The predicted molar refractivity (Wildman–Crippen MR) is 128 cm³/mol. The molecule has 0 saturated carbocycles. The van der Waals surface area contributed by atoms with Gasteiger partial charge < -0.3 is 4.74 Å². The number of aromatic amines is 1. The van der Waals surface area contributed by atoms with E-state index >= 15 is 0 Å². The molecule has 4 rings (SSSR count). The number of nitriles is 1. The van der Waals surface area contributed by atoms with E-state index in [1.807, 2.05) is 6.07 Å². The number of nitrogens with one attached hydrogen (secondary N) is 1. The molecule has 2 aromatic carbocycles. The zero-order valence-corrected chi connectivity index (χ0v) is 20.2. The third kappa shape index (κ3) is 5.85. The Bertz CT molecular complexity index is 1660.